The minimum atomic E-state index is 0.366. The third-order valence-electron chi connectivity index (χ3n) is 4.74. The summed E-state index contributed by atoms with van der Waals surface area (Å²) in [5, 5.41) is 13.2. The Hall–Kier alpha value is -2.19. The Morgan fingerprint density at radius 3 is 2.88 bits per heavy atom. The summed E-state index contributed by atoms with van der Waals surface area (Å²) < 4.78 is 8.88. The van der Waals surface area contributed by atoms with Crippen LogP contribution in [-0.2, 0) is 19.9 Å². The number of halogens is 1. The van der Waals surface area contributed by atoms with Crippen LogP contribution in [0.25, 0.3) is 5.69 Å². The molecule has 0 radical (unpaired) electrons. The zero-order valence-electron chi connectivity index (χ0n) is 15.0. The fourth-order valence-corrected chi connectivity index (χ4v) is 3.60. The number of likely N-dealkylation sites (N-methyl/N-ethyl adjacent to an activating group) is 1. The van der Waals surface area contributed by atoms with Gasteiger partial charge in [-0.25, -0.2) is 9.67 Å². The highest BCUT2D eigenvalue weighted by Crippen LogP contribution is 2.25. The van der Waals surface area contributed by atoms with E-state index in [9.17, 15) is 0 Å². The average molecular weight is 376 g/mol. The average Bonchev–Trinajstić information content (AvgIpc) is 3.32. The Labute approximate surface area is 156 Å². The van der Waals surface area contributed by atoms with E-state index in [0.717, 1.165) is 42.6 Å². The van der Waals surface area contributed by atoms with Crippen molar-refractivity contribution in [1.82, 2.24) is 34.6 Å². The SMILES string of the molecule is CN1CCCC(c2nc(CCc3cc(Cl)no3)n(-c3cnn(C)c3)n2)C1. The lowest BCUT2D eigenvalue weighted by Crippen LogP contribution is -2.31. The zero-order chi connectivity index (χ0) is 18.1. The summed E-state index contributed by atoms with van der Waals surface area (Å²) in [5.41, 5.74) is 0.918. The summed E-state index contributed by atoms with van der Waals surface area (Å²) in [7, 11) is 4.05. The second-order valence-corrected chi connectivity index (χ2v) is 7.27. The predicted molar refractivity (Wildman–Crippen MR) is 96.5 cm³/mol. The van der Waals surface area contributed by atoms with Crippen molar-refractivity contribution in [2.24, 2.45) is 7.05 Å². The molecular weight excluding hydrogens is 354 g/mol. The number of aryl methyl sites for hydroxylation is 3. The fraction of sp³-hybridized carbons (Fsp3) is 0.529. The van der Waals surface area contributed by atoms with E-state index in [1.807, 2.05) is 17.9 Å². The molecule has 1 atom stereocenters. The van der Waals surface area contributed by atoms with Crippen LogP contribution in [0.3, 0.4) is 0 Å². The molecule has 0 aromatic carbocycles. The summed E-state index contributed by atoms with van der Waals surface area (Å²) >= 11 is 5.84. The normalized spacial score (nSPS) is 18.5. The number of hydrogen-bond donors (Lipinski definition) is 0. The molecule has 1 unspecified atom stereocenters. The quantitative estimate of drug-likeness (QED) is 0.680. The number of piperidine rings is 1. The number of hydrogen-bond acceptors (Lipinski definition) is 6. The van der Waals surface area contributed by atoms with Crippen LogP contribution in [0, 0.1) is 0 Å². The Bertz CT molecular complexity index is 883. The van der Waals surface area contributed by atoms with E-state index < -0.39 is 0 Å². The summed E-state index contributed by atoms with van der Waals surface area (Å²) in [5.74, 6) is 2.92. The number of aromatic nitrogens is 6. The Kier molecular flexibility index (Phi) is 4.78. The minimum absolute atomic E-state index is 0.366. The molecule has 4 rings (SSSR count). The van der Waals surface area contributed by atoms with Crippen molar-refractivity contribution >= 4 is 11.6 Å². The van der Waals surface area contributed by atoms with E-state index in [4.69, 9.17) is 26.2 Å². The molecule has 0 N–H and O–H groups in total. The predicted octanol–water partition coefficient (Wildman–Crippen LogP) is 2.24. The molecule has 8 nitrogen and oxygen atoms in total. The van der Waals surface area contributed by atoms with Gasteiger partial charge in [0, 0.05) is 38.4 Å². The number of likely N-dealkylation sites (tertiary alicyclic amines) is 1. The smallest absolute Gasteiger partial charge is 0.172 e. The number of nitrogens with zero attached hydrogens (tertiary/aromatic N) is 7. The van der Waals surface area contributed by atoms with E-state index in [1.165, 1.54) is 6.42 Å². The largest absolute Gasteiger partial charge is 0.360 e. The Balaban J connectivity index is 1.61. The van der Waals surface area contributed by atoms with Gasteiger partial charge >= 0.3 is 0 Å². The van der Waals surface area contributed by atoms with Crippen molar-refractivity contribution in [3.05, 3.63) is 41.0 Å². The highest BCUT2D eigenvalue weighted by Gasteiger charge is 2.24. The van der Waals surface area contributed by atoms with Crippen LogP contribution in [0.15, 0.2) is 23.0 Å². The van der Waals surface area contributed by atoms with Gasteiger partial charge < -0.3 is 9.42 Å². The Morgan fingerprint density at radius 1 is 1.31 bits per heavy atom. The van der Waals surface area contributed by atoms with Gasteiger partial charge in [0.1, 0.15) is 17.3 Å². The highest BCUT2D eigenvalue weighted by molar-refractivity contribution is 6.29. The molecule has 0 spiro atoms. The Morgan fingerprint density at radius 2 is 2.19 bits per heavy atom. The van der Waals surface area contributed by atoms with Crippen molar-refractivity contribution in [2.45, 2.75) is 31.6 Å². The third-order valence-corrected chi connectivity index (χ3v) is 4.92. The molecule has 3 aromatic heterocycles. The van der Waals surface area contributed by atoms with Gasteiger partial charge in [-0.2, -0.15) is 10.2 Å². The van der Waals surface area contributed by atoms with Crippen LogP contribution >= 0.6 is 11.6 Å². The molecule has 138 valence electrons. The van der Waals surface area contributed by atoms with Gasteiger partial charge in [-0.1, -0.05) is 16.8 Å². The fourth-order valence-electron chi connectivity index (χ4n) is 3.44. The lowest BCUT2D eigenvalue weighted by atomic mass is 9.98. The second-order valence-electron chi connectivity index (χ2n) is 6.89. The zero-order valence-corrected chi connectivity index (χ0v) is 15.7. The molecule has 1 saturated heterocycles. The van der Waals surface area contributed by atoms with E-state index in [1.54, 1.807) is 16.9 Å². The first-order chi connectivity index (χ1) is 12.6. The minimum Gasteiger partial charge on any atom is -0.360 e. The standard InChI is InChI=1S/C17H22ClN7O/c1-23-7-3-4-12(10-23)17-20-16(6-5-14-8-15(18)22-26-14)25(21-17)13-9-19-24(2)11-13/h8-9,11-12H,3-7,10H2,1-2H3. The molecule has 0 bridgehead atoms. The summed E-state index contributed by atoms with van der Waals surface area (Å²) in [6.45, 7) is 2.13. The van der Waals surface area contributed by atoms with E-state index in [0.29, 0.717) is 23.9 Å². The van der Waals surface area contributed by atoms with Crippen LogP contribution in [0.5, 0.6) is 0 Å². The number of rotatable bonds is 5. The molecule has 4 heterocycles. The molecule has 0 aliphatic carbocycles. The van der Waals surface area contributed by atoms with Crippen molar-refractivity contribution in [3.8, 4) is 5.69 Å². The maximum absolute atomic E-state index is 5.84. The topological polar surface area (TPSA) is 77.8 Å². The lowest BCUT2D eigenvalue weighted by molar-refractivity contribution is 0.246. The van der Waals surface area contributed by atoms with Crippen molar-refractivity contribution in [2.75, 3.05) is 20.1 Å². The maximum atomic E-state index is 5.84. The summed E-state index contributed by atoms with van der Waals surface area (Å²) in [6.07, 6.45) is 7.41. The molecule has 3 aromatic rings. The summed E-state index contributed by atoms with van der Waals surface area (Å²) in [4.78, 5) is 7.21. The van der Waals surface area contributed by atoms with E-state index in [-0.39, 0.29) is 0 Å². The van der Waals surface area contributed by atoms with Gasteiger partial charge in [0.15, 0.2) is 11.0 Å². The van der Waals surface area contributed by atoms with Crippen LogP contribution in [0.1, 0.15) is 36.2 Å². The first-order valence-electron chi connectivity index (χ1n) is 8.83. The van der Waals surface area contributed by atoms with Gasteiger partial charge in [-0.3, -0.25) is 4.68 Å². The lowest BCUT2D eigenvalue weighted by Gasteiger charge is -2.27. The van der Waals surface area contributed by atoms with Crippen LogP contribution in [0.2, 0.25) is 5.15 Å². The maximum Gasteiger partial charge on any atom is 0.172 e. The van der Waals surface area contributed by atoms with Crippen LogP contribution < -0.4 is 0 Å². The highest BCUT2D eigenvalue weighted by atomic mass is 35.5. The molecule has 0 amide bonds. The van der Waals surface area contributed by atoms with E-state index >= 15 is 0 Å². The van der Waals surface area contributed by atoms with Crippen molar-refractivity contribution in [1.29, 1.82) is 0 Å². The first-order valence-corrected chi connectivity index (χ1v) is 9.21. The van der Waals surface area contributed by atoms with Crippen LogP contribution in [-0.4, -0.2) is 54.7 Å². The van der Waals surface area contributed by atoms with Gasteiger partial charge in [0.05, 0.1) is 12.4 Å². The first kappa shape index (κ1) is 17.2. The van der Waals surface area contributed by atoms with Gasteiger partial charge in [-0.15, -0.1) is 0 Å². The van der Waals surface area contributed by atoms with Crippen molar-refractivity contribution in [3.63, 3.8) is 0 Å². The summed E-state index contributed by atoms with van der Waals surface area (Å²) in [6, 6.07) is 1.74. The molecule has 0 saturated carbocycles. The molecule has 1 aliphatic rings. The molecule has 1 aliphatic heterocycles. The molecule has 1 fully saturated rings. The third kappa shape index (κ3) is 3.66. The van der Waals surface area contributed by atoms with Gasteiger partial charge in [0.25, 0.3) is 0 Å². The molecule has 26 heavy (non-hydrogen) atoms. The van der Waals surface area contributed by atoms with Gasteiger partial charge in [0.2, 0.25) is 0 Å². The van der Waals surface area contributed by atoms with Gasteiger partial charge in [-0.05, 0) is 26.4 Å². The molecule has 9 heteroatoms. The molecular formula is C17H22ClN7O. The second kappa shape index (κ2) is 7.20. The van der Waals surface area contributed by atoms with Crippen molar-refractivity contribution < 1.29 is 4.52 Å². The monoisotopic (exact) mass is 375 g/mol. The van der Waals surface area contributed by atoms with Crippen LogP contribution in [0.4, 0.5) is 0 Å². The van der Waals surface area contributed by atoms with E-state index in [2.05, 4.69) is 22.2 Å².